The van der Waals surface area contributed by atoms with Crippen LogP contribution < -0.4 is 10.6 Å². The number of hydrogen-bond donors (Lipinski definition) is 2. The van der Waals surface area contributed by atoms with Crippen molar-refractivity contribution in [3.63, 3.8) is 0 Å². The Kier molecular flexibility index (Phi) is 4.33. The van der Waals surface area contributed by atoms with Crippen LogP contribution in [0.25, 0.3) is 0 Å². The normalized spacial score (nSPS) is 10.5. The lowest BCUT2D eigenvalue weighted by molar-refractivity contribution is 0.741. The van der Waals surface area contributed by atoms with E-state index >= 15 is 0 Å². The molecule has 2 aromatic rings. The molecule has 0 spiro atoms. The monoisotopic (exact) mass is 260 g/mol. The third-order valence-electron chi connectivity index (χ3n) is 2.87. The first-order valence-corrected chi connectivity index (χ1v) is 6.48. The molecule has 0 unspecified atom stereocenters. The zero-order chi connectivity index (χ0) is 13.7. The van der Waals surface area contributed by atoms with Crippen LogP contribution in [-0.4, -0.2) is 32.8 Å². The first-order valence-electron chi connectivity index (χ1n) is 6.48. The van der Waals surface area contributed by atoms with Crippen LogP contribution in [0.4, 0.5) is 11.6 Å². The predicted molar refractivity (Wildman–Crippen MR) is 76.3 cm³/mol. The number of aromatic nitrogens is 4. The molecule has 0 atom stereocenters. The summed E-state index contributed by atoms with van der Waals surface area (Å²) in [5.41, 5.74) is 2.12. The Balaban J connectivity index is 1.94. The Bertz CT molecular complexity index is 534. The van der Waals surface area contributed by atoms with Crippen LogP contribution in [0.3, 0.4) is 0 Å². The molecular weight excluding hydrogens is 240 g/mol. The summed E-state index contributed by atoms with van der Waals surface area (Å²) >= 11 is 0. The van der Waals surface area contributed by atoms with Gasteiger partial charge >= 0.3 is 0 Å². The average molecular weight is 260 g/mol. The van der Waals surface area contributed by atoms with E-state index in [1.165, 1.54) is 0 Å². The van der Waals surface area contributed by atoms with E-state index in [2.05, 4.69) is 32.6 Å². The summed E-state index contributed by atoms with van der Waals surface area (Å²) in [6.45, 7) is 5.72. The summed E-state index contributed by atoms with van der Waals surface area (Å²) in [7, 11) is 1.92. The molecule has 102 valence electrons. The second kappa shape index (κ2) is 6.17. The minimum absolute atomic E-state index is 0.806. The topological polar surface area (TPSA) is 67.7 Å². The van der Waals surface area contributed by atoms with E-state index in [1.807, 2.05) is 30.9 Å². The minimum atomic E-state index is 0.806. The summed E-state index contributed by atoms with van der Waals surface area (Å²) in [5.74, 6) is 1.76. The largest absolute Gasteiger partial charge is 0.370 e. The Morgan fingerprint density at radius 3 is 2.58 bits per heavy atom. The van der Waals surface area contributed by atoms with Gasteiger partial charge in [-0.25, -0.2) is 9.97 Å². The van der Waals surface area contributed by atoms with Gasteiger partial charge in [-0.1, -0.05) is 0 Å². The van der Waals surface area contributed by atoms with Crippen molar-refractivity contribution in [1.29, 1.82) is 0 Å². The van der Waals surface area contributed by atoms with Crippen molar-refractivity contribution in [2.45, 2.75) is 20.3 Å². The summed E-state index contributed by atoms with van der Waals surface area (Å²) in [6.07, 6.45) is 4.41. The molecule has 2 aromatic heterocycles. The first kappa shape index (κ1) is 13.3. The van der Waals surface area contributed by atoms with E-state index in [4.69, 9.17) is 0 Å². The maximum Gasteiger partial charge on any atom is 0.134 e. The Morgan fingerprint density at radius 1 is 1.21 bits per heavy atom. The maximum atomic E-state index is 4.34. The summed E-state index contributed by atoms with van der Waals surface area (Å²) in [4.78, 5) is 8.49. The van der Waals surface area contributed by atoms with E-state index in [-0.39, 0.29) is 0 Å². The van der Waals surface area contributed by atoms with Gasteiger partial charge in [-0.2, -0.15) is 5.10 Å². The molecule has 0 radical (unpaired) electrons. The van der Waals surface area contributed by atoms with Gasteiger partial charge in [0.05, 0.1) is 5.69 Å². The lowest BCUT2D eigenvalue weighted by atomic mass is 10.3. The van der Waals surface area contributed by atoms with Gasteiger partial charge in [0.15, 0.2) is 0 Å². The number of nitrogens with zero attached hydrogens (tertiary/aromatic N) is 4. The smallest absolute Gasteiger partial charge is 0.134 e. The van der Waals surface area contributed by atoms with Crippen LogP contribution in [0.2, 0.25) is 0 Å². The van der Waals surface area contributed by atoms with Crippen molar-refractivity contribution in [1.82, 2.24) is 19.7 Å². The number of rotatable bonds is 6. The van der Waals surface area contributed by atoms with Gasteiger partial charge in [-0.15, -0.1) is 0 Å². The molecule has 6 heteroatoms. The van der Waals surface area contributed by atoms with E-state index in [0.717, 1.165) is 42.4 Å². The van der Waals surface area contributed by atoms with Gasteiger partial charge < -0.3 is 10.6 Å². The SMILES string of the molecule is CCNc1ncnc(NCCc2ccn(C)n2)c1C. The predicted octanol–water partition coefficient (Wildman–Crippen LogP) is 1.60. The van der Waals surface area contributed by atoms with E-state index in [1.54, 1.807) is 6.33 Å². The number of aryl methyl sites for hydroxylation is 1. The third-order valence-corrected chi connectivity index (χ3v) is 2.87. The standard InChI is InChI=1S/C13H20N6/c1-4-14-12-10(2)13(17-9-16-12)15-7-5-11-6-8-19(3)18-11/h6,8-9H,4-5,7H2,1-3H3,(H2,14,15,16,17). The molecular formula is C13H20N6. The fourth-order valence-electron chi connectivity index (χ4n) is 1.88. The van der Waals surface area contributed by atoms with Crippen molar-refractivity contribution in [2.75, 3.05) is 23.7 Å². The van der Waals surface area contributed by atoms with Crippen molar-refractivity contribution in [3.05, 3.63) is 29.8 Å². The molecule has 0 aliphatic rings. The van der Waals surface area contributed by atoms with Crippen LogP contribution in [0.5, 0.6) is 0 Å². The lowest BCUT2D eigenvalue weighted by Gasteiger charge is -2.11. The molecule has 0 aliphatic heterocycles. The minimum Gasteiger partial charge on any atom is -0.370 e. The van der Waals surface area contributed by atoms with Gasteiger partial charge in [0, 0.05) is 38.3 Å². The zero-order valence-corrected chi connectivity index (χ0v) is 11.6. The quantitative estimate of drug-likeness (QED) is 0.826. The van der Waals surface area contributed by atoms with Gasteiger partial charge in [0.1, 0.15) is 18.0 Å². The molecule has 2 heterocycles. The van der Waals surface area contributed by atoms with E-state index < -0.39 is 0 Å². The fourth-order valence-corrected chi connectivity index (χ4v) is 1.88. The Hall–Kier alpha value is -2.11. The average Bonchev–Trinajstić information content (AvgIpc) is 2.80. The number of nitrogens with one attached hydrogen (secondary N) is 2. The number of hydrogen-bond acceptors (Lipinski definition) is 5. The van der Waals surface area contributed by atoms with Gasteiger partial charge in [0.2, 0.25) is 0 Å². The zero-order valence-electron chi connectivity index (χ0n) is 11.6. The highest BCUT2D eigenvalue weighted by atomic mass is 15.2. The molecule has 0 saturated carbocycles. The lowest BCUT2D eigenvalue weighted by Crippen LogP contribution is -2.10. The van der Waals surface area contributed by atoms with Crippen LogP contribution in [0, 0.1) is 6.92 Å². The fraction of sp³-hybridized carbons (Fsp3) is 0.462. The molecule has 0 fully saturated rings. The molecule has 0 saturated heterocycles. The molecule has 2 rings (SSSR count). The second-order valence-corrected chi connectivity index (χ2v) is 4.38. The van der Waals surface area contributed by atoms with Crippen molar-refractivity contribution in [2.24, 2.45) is 7.05 Å². The summed E-state index contributed by atoms with van der Waals surface area (Å²) in [5, 5.41) is 10.9. The molecule has 0 bridgehead atoms. The number of anilines is 2. The maximum absolute atomic E-state index is 4.34. The van der Waals surface area contributed by atoms with Crippen LogP contribution in [-0.2, 0) is 13.5 Å². The summed E-state index contributed by atoms with van der Waals surface area (Å²) in [6, 6.07) is 2.03. The molecule has 19 heavy (non-hydrogen) atoms. The van der Waals surface area contributed by atoms with Crippen LogP contribution in [0.1, 0.15) is 18.2 Å². The van der Waals surface area contributed by atoms with Crippen molar-refractivity contribution >= 4 is 11.6 Å². The van der Waals surface area contributed by atoms with Crippen LogP contribution >= 0.6 is 0 Å². The third kappa shape index (κ3) is 3.43. The van der Waals surface area contributed by atoms with Crippen LogP contribution in [0.15, 0.2) is 18.6 Å². The molecule has 2 N–H and O–H groups in total. The second-order valence-electron chi connectivity index (χ2n) is 4.38. The molecule has 0 amide bonds. The molecule has 6 nitrogen and oxygen atoms in total. The highest BCUT2D eigenvalue weighted by Crippen LogP contribution is 2.17. The Morgan fingerprint density at radius 2 is 1.95 bits per heavy atom. The van der Waals surface area contributed by atoms with E-state index in [0.29, 0.717) is 0 Å². The van der Waals surface area contributed by atoms with Gasteiger partial charge in [-0.3, -0.25) is 4.68 Å². The van der Waals surface area contributed by atoms with Gasteiger partial charge in [-0.05, 0) is 19.9 Å². The Labute approximate surface area is 113 Å². The highest BCUT2D eigenvalue weighted by Gasteiger charge is 2.05. The highest BCUT2D eigenvalue weighted by molar-refractivity contribution is 5.56. The molecule has 0 aliphatic carbocycles. The van der Waals surface area contributed by atoms with Gasteiger partial charge in [0.25, 0.3) is 0 Å². The summed E-state index contributed by atoms with van der Waals surface area (Å²) < 4.78 is 1.81. The van der Waals surface area contributed by atoms with Crippen molar-refractivity contribution in [3.8, 4) is 0 Å². The first-order chi connectivity index (χ1) is 9.20. The van der Waals surface area contributed by atoms with E-state index in [9.17, 15) is 0 Å². The molecule has 0 aromatic carbocycles. The van der Waals surface area contributed by atoms with Crippen molar-refractivity contribution < 1.29 is 0 Å².